The Bertz CT molecular complexity index is 1850. The van der Waals surface area contributed by atoms with Crippen molar-refractivity contribution in [3.8, 4) is 5.75 Å². The van der Waals surface area contributed by atoms with Crippen molar-refractivity contribution in [1.82, 2.24) is 14.5 Å². The molecule has 0 aromatic heterocycles. The van der Waals surface area contributed by atoms with Gasteiger partial charge in [-0.15, -0.1) is 0 Å². The van der Waals surface area contributed by atoms with E-state index < -0.39 is 15.3 Å². The molecule has 1 saturated carbocycles. The van der Waals surface area contributed by atoms with Gasteiger partial charge in [-0.2, -0.15) is 0 Å². The Hall–Kier alpha value is -2.56. The molecule has 8 nitrogen and oxygen atoms in total. The number of ether oxygens (including phenoxy) is 2. The number of nitrogens with zero attached hydrogens (tertiary/aromatic N) is 3. The fourth-order valence-electron chi connectivity index (χ4n) is 10.8. The molecular formula is C44H61ClN4O4S. The molecule has 10 heteroatoms. The van der Waals surface area contributed by atoms with Crippen LogP contribution in [0, 0.1) is 17.8 Å². The van der Waals surface area contributed by atoms with Gasteiger partial charge in [-0.3, -0.25) is 14.4 Å². The SMILES string of the molecule is C=S1(=O)NC(=O)c2ccc3c(c2)N(C[C@@H]2CC[C@H]2[C@](CCN2CCN4CCCC[C@@H]4C2)(OC)/C=C/C[C@H](C)[C@H]1C)C[C@@]1(CCCc2cc(Cl)ccc21)CO3. The normalized spacial score (nSPS) is 36.8. The Kier molecular flexibility index (Phi) is 10.9. The van der Waals surface area contributed by atoms with E-state index in [9.17, 15) is 9.00 Å². The van der Waals surface area contributed by atoms with Crippen LogP contribution in [0.15, 0.2) is 48.6 Å². The molecule has 2 aromatic carbocycles. The average molecular weight is 778 g/mol. The number of amides is 1. The number of aryl methyl sites for hydroxylation is 1. The molecule has 4 heterocycles. The highest BCUT2D eigenvalue weighted by Crippen LogP contribution is 2.50. The zero-order valence-electron chi connectivity index (χ0n) is 32.7. The van der Waals surface area contributed by atoms with Gasteiger partial charge in [-0.05, 0) is 136 Å². The molecule has 4 aliphatic heterocycles. The maximum atomic E-state index is 14.1. The van der Waals surface area contributed by atoms with Gasteiger partial charge in [0.05, 0.1) is 27.6 Å². The maximum absolute atomic E-state index is 14.1. The summed E-state index contributed by atoms with van der Waals surface area (Å²) in [4.78, 5) is 21.8. The van der Waals surface area contributed by atoms with Crippen molar-refractivity contribution >= 4 is 38.8 Å². The van der Waals surface area contributed by atoms with Crippen LogP contribution in [0.5, 0.6) is 5.75 Å². The van der Waals surface area contributed by atoms with Gasteiger partial charge in [0.15, 0.2) is 0 Å². The van der Waals surface area contributed by atoms with Crippen LogP contribution in [-0.2, 0) is 26.3 Å². The van der Waals surface area contributed by atoms with E-state index in [1.54, 1.807) is 0 Å². The topological polar surface area (TPSA) is 74.4 Å². The smallest absolute Gasteiger partial charge is 0.262 e. The van der Waals surface area contributed by atoms with Crippen molar-refractivity contribution < 1.29 is 18.5 Å². The highest BCUT2D eigenvalue weighted by atomic mass is 35.5. The molecular weight excluding hydrogens is 716 g/mol. The number of hydrogen-bond acceptors (Lipinski definition) is 7. The lowest BCUT2D eigenvalue weighted by atomic mass is 9.62. The molecule has 6 aliphatic rings. The number of allylic oxidation sites excluding steroid dienone is 1. The third-order valence-electron chi connectivity index (χ3n) is 14.5. The number of fused-ring (bicyclic) bond motifs is 5. The van der Waals surface area contributed by atoms with Gasteiger partial charge in [0.25, 0.3) is 5.91 Å². The fourth-order valence-corrected chi connectivity index (χ4v) is 12.5. The molecule has 1 unspecified atom stereocenters. The molecule has 2 aromatic rings. The first-order chi connectivity index (χ1) is 26.0. The van der Waals surface area contributed by atoms with Crippen LogP contribution in [0.1, 0.15) is 93.1 Å². The van der Waals surface area contributed by atoms with Crippen molar-refractivity contribution in [3.05, 3.63) is 70.3 Å². The second-order valence-corrected chi connectivity index (χ2v) is 20.4. The predicted molar refractivity (Wildman–Crippen MR) is 222 cm³/mol. The summed E-state index contributed by atoms with van der Waals surface area (Å²) in [6.07, 6.45) is 15.7. The van der Waals surface area contributed by atoms with Gasteiger partial charge in [0.1, 0.15) is 5.75 Å². The zero-order valence-corrected chi connectivity index (χ0v) is 34.3. The number of hydrogen-bond donors (Lipinski definition) is 1. The van der Waals surface area contributed by atoms with Crippen molar-refractivity contribution in [2.75, 3.05) is 64.4 Å². The minimum absolute atomic E-state index is 0.0472. The monoisotopic (exact) mass is 776 g/mol. The highest BCUT2D eigenvalue weighted by Gasteiger charge is 2.49. The van der Waals surface area contributed by atoms with E-state index in [1.165, 1.54) is 43.5 Å². The second kappa shape index (κ2) is 15.4. The first-order valence-electron chi connectivity index (χ1n) is 20.7. The number of piperazine rings is 1. The van der Waals surface area contributed by atoms with E-state index in [2.05, 4.69) is 56.5 Å². The van der Waals surface area contributed by atoms with Gasteiger partial charge >= 0.3 is 0 Å². The molecule has 8 rings (SSSR count). The number of nitrogens with one attached hydrogen (secondary N) is 1. The lowest BCUT2D eigenvalue weighted by Crippen LogP contribution is -2.57. The van der Waals surface area contributed by atoms with Crippen LogP contribution in [0.2, 0.25) is 5.02 Å². The molecule has 1 N–H and O–H groups in total. The maximum Gasteiger partial charge on any atom is 0.262 e. The molecule has 294 valence electrons. The fraction of sp³-hybridized carbons (Fsp3) is 0.636. The Morgan fingerprint density at radius 3 is 2.74 bits per heavy atom. The number of rotatable bonds is 4. The third-order valence-corrected chi connectivity index (χ3v) is 16.9. The molecule has 54 heavy (non-hydrogen) atoms. The van der Waals surface area contributed by atoms with Gasteiger partial charge in [0.2, 0.25) is 0 Å². The Labute approximate surface area is 329 Å². The number of anilines is 1. The van der Waals surface area contributed by atoms with Gasteiger partial charge in [0, 0.05) is 73.7 Å². The number of halogens is 1. The Morgan fingerprint density at radius 1 is 1.06 bits per heavy atom. The summed E-state index contributed by atoms with van der Waals surface area (Å²) in [6, 6.07) is 12.8. The van der Waals surface area contributed by atoms with Crippen molar-refractivity contribution in [2.24, 2.45) is 17.8 Å². The van der Waals surface area contributed by atoms with Crippen LogP contribution in [0.4, 0.5) is 5.69 Å². The van der Waals surface area contributed by atoms with E-state index >= 15 is 0 Å². The minimum atomic E-state index is -2.95. The lowest BCUT2D eigenvalue weighted by molar-refractivity contribution is -0.0861. The predicted octanol–water partition coefficient (Wildman–Crippen LogP) is 7.13. The molecule has 2 saturated heterocycles. The van der Waals surface area contributed by atoms with Crippen molar-refractivity contribution in [1.29, 1.82) is 0 Å². The molecule has 1 spiro atoms. The Morgan fingerprint density at radius 2 is 1.93 bits per heavy atom. The summed E-state index contributed by atoms with van der Waals surface area (Å²) in [6.45, 7) is 12.0. The van der Waals surface area contributed by atoms with E-state index in [4.69, 9.17) is 21.1 Å². The standard InChI is InChI=1S/C44H61ClN4O4S/c1-31-9-7-19-44(52-3,20-22-47-23-24-48-21-6-5-11-37(48)28-47)39-15-12-35(39)27-49-29-43(18-8-10-33-25-36(45)14-16-38(33)43)30-53-41-17-13-34(26-40(41)49)42(50)46-54(4,51)32(31)2/h7,13-14,16-17,19,25-26,31-32,35,37,39H,4-6,8-12,15,18,20-24,27-30H2,1-3H3,(H,46,50,51)/b19-7+/t31-,32+,35-,37+,39+,43-,44-,54?/m0/s1. The number of carbonyl (C=O) groups is 1. The van der Waals surface area contributed by atoms with Gasteiger partial charge in [-0.25, -0.2) is 4.21 Å². The third kappa shape index (κ3) is 7.37. The number of piperidine rings is 1. The van der Waals surface area contributed by atoms with Gasteiger partial charge < -0.3 is 19.3 Å². The van der Waals surface area contributed by atoms with E-state index in [0.717, 1.165) is 94.1 Å². The largest absolute Gasteiger partial charge is 0.490 e. The molecule has 1 amide bonds. The Balaban J connectivity index is 1.16. The number of carbonyl (C=O) groups excluding carboxylic acids is 1. The first-order valence-corrected chi connectivity index (χ1v) is 22.8. The van der Waals surface area contributed by atoms with Crippen LogP contribution in [0.25, 0.3) is 0 Å². The quantitative estimate of drug-likeness (QED) is 0.262. The molecule has 8 atom stereocenters. The second-order valence-electron chi connectivity index (χ2n) is 17.6. The van der Waals surface area contributed by atoms with Crippen LogP contribution in [-0.4, -0.2) is 102 Å². The van der Waals surface area contributed by atoms with E-state index in [-0.39, 0.29) is 22.5 Å². The average Bonchev–Trinajstić information content (AvgIpc) is 3.30. The number of benzene rings is 2. The van der Waals surface area contributed by atoms with E-state index in [0.29, 0.717) is 30.0 Å². The highest BCUT2D eigenvalue weighted by molar-refractivity contribution is 7.99. The number of methoxy groups -OCH3 is 1. The molecule has 2 aliphatic carbocycles. The summed E-state index contributed by atoms with van der Waals surface area (Å²) in [5.41, 5.74) is 3.42. The molecule has 0 radical (unpaired) electrons. The zero-order chi connectivity index (χ0) is 37.7. The minimum Gasteiger partial charge on any atom is -0.490 e. The lowest BCUT2D eigenvalue weighted by Gasteiger charge is -2.51. The van der Waals surface area contributed by atoms with Gasteiger partial charge in [-0.1, -0.05) is 43.2 Å². The van der Waals surface area contributed by atoms with Crippen LogP contribution < -0.4 is 14.4 Å². The summed E-state index contributed by atoms with van der Waals surface area (Å²) in [7, 11) is -1.03. The van der Waals surface area contributed by atoms with Crippen LogP contribution >= 0.6 is 11.6 Å². The molecule has 2 bridgehead atoms. The van der Waals surface area contributed by atoms with Crippen molar-refractivity contribution in [3.63, 3.8) is 0 Å². The summed E-state index contributed by atoms with van der Waals surface area (Å²) >= 11 is 6.53. The van der Waals surface area contributed by atoms with Crippen molar-refractivity contribution in [2.45, 2.75) is 100 Å². The first kappa shape index (κ1) is 38.3. The summed E-state index contributed by atoms with van der Waals surface area (Å²) < 4.78 is 30.5. The van der Waals surface area contributed by atoms with Crippen LogP contribution in [0.3, 0.4) is 0 Å². The van der Waals surface area contributed by atoms with E-state index in [1.807, 2.05) is 38.3 Å². The molecule has 3 fully saturated rings. The summed E-state index contributed by atoms with van der Waals surface area (Å²) in [5.74, 6) is 5.33. The summed E-state index contributed by atoms with van der Waals surface area (Å²) in [5, 5.41) is 0.455.